The molecule has 2 aliphatic rings. The maximum Gasteiger partial charge on any atom is 0.319 e. The molecule has 0 unspecified atom stereocenters. The number of piperidine rings is 1. The van der Waals surface area contributed by atoms with Gasteiger partial charge in [-0.2, -0.15) is 0 Å². The van der Waals surface area contributed by atoms with Crippen molar-refractivity contribution in [1.29, 1.82) is 0 Å². The second-order valence-electron chi connectivity index (χ2n) is 5.43. The summed E-state index contributed by atoms with van der Waals surface area (Å²) in [6, 6.07) is 0.115. The highest BCUT2D eigenvalue weighted by molar-refractivity contribution is 5.73. The van der Waals surface area contributed by atoms with Gasteiger partial charge in [0.25, 0.3) is 0 Å². The van der Waals surface area contributed by atoms with E-state index in [9.17, 15) is 4.79 Å². The van der Waals surface area contributed by atoms with Gasteiger partial charge in [-0.05, 0) is 19.9 Å². The topological polar surface area (TPSA) is 36.0 Å². The van der Waals surface area contributed by atoms with E-state index in [4.69, 9.17) is 4.74 Å². The first-order valence-corrected chi connectivity index (χ1v) is 7.31. The molecule has 0 aromatic carbocycles. The fraction of sp³-hybridized carbons (Fsp3) is 0.929. The minimum absolute atomic E-state index is 0.00388. The molecule has 0 aromatic heterocycles. The summed E-state index contributed by atoms with van der Waals surface area (Å²) >= 11 is 0. The summed E-state index contributed by atoms with van der Waals surface area (Å²) in [5.41, 5.74) is -0.00388. The van der Waals surface area contributed by atoms with Gasteiger partial charge >= 0.3 is 6.03 Å². The summed E-state index contributed by atoms with van der Waals surface area (Å²) in [5.74, 6) is 0. The van der Waals surface area contributed by atoms with Crippen LogP contribution in [0.1, 0.15) is 26.7 Å². The van der Waals surface area contributed by atoms with Gasteiger partial charge in [-0.3, -0.25) is 0 Å². The van der Waals surface area contributed by atoms with Crippen LogP contribution in [0.2, 0.25) is 0 Å². The molecule has 2 aliphatic heterocycles. The normalized spacial score (nSPS) is 22.7. The van der Waals surface area contributed by atoms with E-state index in [1.807, 2.05) is 18.7 Å². The lowest BCUT2D eigenvalue weighted by molar-refractivity contribution is -0.127. The smallest absolute Gasteiger partial charge is 0.319 e. The number of hydrogen-bond acceptors (Lipinski definition) is 3. The first-order chi connectivity index (χ1) is 9.02. The molecule has 0 aliphatic carbocycles. The van der Waals surface area contributed by atoms with Crippen LogP contribution in [0, 0.1) is 0 Å². The molecular formula is C14H29N3O2. The minimum atomic E-state index is -0.00388. The Morgan fingerprint density at radius 2 is 1.74 bits per heavy atom. The van der Waals surface area contributed by atoms with Crippen LogP contribution in [-0.4, -0.2) is 80.3 Å². The fourth-order valence-electron chi connectivity index (χ4n) is 2.73. The zero-order valence-electron chi connectivity index (χ0n) is 13.1. The van der Waals surface area contributed by atoms with Crippen molar-refractivity contribution in [1.82, 2.24) is 14.7 Å². The molecule has 0 saturated carbocycles. The Bertz CT molecular complexity index is 286. The summed E-state index contributed by atoms with van der Waals surface area (Å²) in [6.07, 6.45) is 1.91. The van der Waals surface area contributed by atoms with Crippen molar-refractivity contribution in [3.63, 3.8) is 0 Å². The third kappa shape index (κ3) is 4.08. The molecule has 2 heterocycles. The largest absolute Gasteiger partial charge is 0.372 e. The number of morpholine rings is 1. The number of likely N-dealkylation sites (N-methyl/N-ethyl adjacent to an activating group) is 1. The van der Waals surface area contributed by atoms with E-state index >= 15 is 0 Å². The lowest BCUT2D eigenvalue weighted by Crippen LogP contribution is -2.57. The van der Waals surface area contributed by atoms with Gasteiger partial charge in [-0.1, -0.05) is 13.8 Å². The zero-order chi connectivity index (χ0) is 14.5. The standard InChI is InChI=1S/C12H23N3O2.C2H6/c1-13(2)11(16)15-6-4-12(5-7-15)10-14(3)8-9-17-12;1-2/h4-10H2,1-3H3;1-2H3. The average Bonchev–Trinajstić information content (AvgIpc) is 2.41. The van der Waals surface area contributed by atoms with Crippen LogP contribution in [0.4, 0.5) is 4.79 Å². The van der Waals surface area contributed by atoms with Crippen molar-refractivity contribution in [2.24, 2.45) is 0 Å². The zero-order valence-corrected chi connectivity index (χ0v) is 13.1. The van der Waals surface area contributed by atoms with Gasteiger partial charge < -0.3 is 19.4 Å². The van der Waals surface area contributed by atoms with E-state index in [1.165, 1.54) is 0 Å². The number of rotatable bonds is 0. The maximum absolute atomic E-state index is 11.8. The van der Waals surface area contributed by atoms with Gasteiger partial charge in [0.05, 0.1) is 12.2 Å². The van der Waals surface area contributed by atoms with Crippen LogP contribution in [0.5, 0.6) is 0 Å². The van der Waals surface area contributed by atoms with Crippen molar-refractivity contribution in [3.05, 3.63) is 0 Å². The molecule has 0 radical (unpaired) electrons. The van der Waals surface area contributed by atoms with Gasteiger partial charge in [0.15, 0.2) is 0 Å². The van der Waals surface area contributed by atoms with Crippen LogP contribution in [0.3, 0.4) is 0 Å². The molecule has 0 N–H and O–H groups in total. The molecule has 0 bridgehead atoms. The van der Waals surface area contributed by atoms with Crippen molar-refractivity contribution in [3.8, 4) is 0 Å². The number of hydrogen-bond donors (Lipinski definition) is 0. The second kappa shape index (κ2) is 7.10. The Balaban J connectivity index is 0.000000861. The van der Waals surface area contributed by atoms with E-state index in [-0.39, 0.29) is 11.6 Å². The third-order valence-corrected chi connectivity index (χ3v) is 3.77. The summed E-state index contributed by atoms with van der Waals surface area (Å²) in [5, 5.41) is 0. The number of carbonyl (C=O) groups excluding carboxylic acids is 1. The summed E-state index contributed by atoms with van der Waals surface area (Å²) in [6.45, 7) is 8.45. The molecule has 2 saturated heterocycles. The van der Waals surface area contributed by atoms with Crippen molar-refractivity contribution < 1.29 is 9.53 Å². The molecule has 2 rings (SSSR count). The fourth-order valence-corrected chi connectivity index (χ4v) is 2.73. The van der Waals surface area contributed by atoms with Crippen LogP contribution in [0.15, 0.2) is 0 Å². The quantitative estimate of drug-likeness (QED) is 0.670. The Morgan fingerprint density at radius 1 is 1.16 bits per heavy atom. The lowest BCUT2D eigenvalue weighted by atomic mass is 9.89. The number of nitrogens with zero attached hydrogens (tertiary/aromatic N) is 3. The number of ether oxygens (including phenoxy) is 1. The van der Waals surface area contributed by atoms with E-state index in [0.717, 1.165) is 45.6 Å². The number of likely N-dealkylation sites (tertiary alicyclic amines) is 1. The maximum atomic E-state index is 11.8. The highest BCUT2D eigenvalue weighted by Gasteiger charge is 2.39. The van der Waals surface area contributed by atoms with Gasteiger partial charge in [-0.15, -0.1) is 0 Å². The van der Waals surface area contributed by atoms with Crippen LogP contribution >= 0.6 is 0 Å². The van der Waals surface area contributed by atoms with Gasteiger partial charge in [-0.25, -0.2) is 4.79 Å². The number of amides is 2. The van der Waals surface area contributed by atoms with Crippen molar-refractivity contribution in [2.45, 2.75) is 32.3 Å². The summed E-state index contributed by atoms with van der Waals surface area (Å²) in [7, 11) is 5.75. The van der Waals surface area contributed by atoms with Crippen molar-refractivity contribution >= 4 is 6.03 Å². The SMILES string of the molecule is CC.CN1CCOC2(CCN(C(=O)N(C)C)CC2)C1. The molecule has 0 atom stereocenters. The number of urea groups is 1. The molecule has 2 fully saturated rings. The Labute approximate surface area is 117 Å². The highest BCUT2D eigenvalue weighted by Crippen LogP contribution is 2.29. The molecule has 19 heavy (non-hydrogen) atoms. The Morgan fingerprint density at radius 3 is 2.21 bits per heavy atom. The molecule has 0 aromatic rings. The van der Waals surface area contributed by atoms with Crippen LogP contribution in [-0.2, 0) is 4.74 Å². The summed E-state index contributed by atoms with van der Waals surface area (Å²) < 4.78 is 5.97. The van der Waals surface area contributed by atoms with Crippen molar-refractivity contribution in [2.75, 3.05) is 53.9 Å². The van der Waals surface area contributed by atoms with Gasteiger partial charge in [0.2, 0.25) is 0 Å². The highest BCUT2D eigenvalue weighted by atomic mass is 16.5. The van der Waals surface area contributed by atoms with Gasteiger partial charge in [0.1, 0.15) is 0 Å². The van der Waals surface area contributed by atoms with Crippen LogP contribution in [0.25, 0.3) is 0 Å². The van der Waals surface area contributed by atoms with Gasteiger partial charge in [0, 0.05) is 40.3 Å². The molecule has 1 spiro atoms. The molecule has 2 amide bonds. The molecule has 5 heteroatoms. The Hall–Kier alpha value is -0.810. The lowest BCUT2D eigenvalue weighted by Gasteiger charge is -2.46. The van der Waals surface area contributed by atoms with E-state index in [2.05, 4.69) is 11.9 Å². The Kier molecular flexibility index (Phi) is 6.07. The molecule has 5 nitrogen and oxygen atoms in total. The van der Waals surface area contributed by atoms with E-state index < -0.39 is 0 Å². The van der Waals surface area contributed by atoms with E-state index in [1.54, 1.807) is 19.0 Å². The average molecular weight is 271 g/mol. The molecule has 112 valence electrons. The summed E-state index contributed by atoms with van der Waals surface area (Å²) in [4.78, 5) is 17.7. The first-order valence-electron chi connectivity index (χ1n) is 7.31. The second-order valence-corrected chi connectivity index (χ2v) is 5.43. The predicted molar refractivity (Wildman–Crippen MR) is 77.4 cm³/mol. The predicted octanol–water partition coefficient (Wildman–Crippen LogP) is 1.49. The monoisotopic (exact) mass is 271 g/mol. The number of carbonyl (C=O) groups is 1. The molecular weight excluding hydrogens is 242 g/mol. The minimum Gasteiger partial charge on any atom is -0.372 e. The first kappa shape index (κ1) is 16.2. The third-order valence-electron chi connectivity index (χ3n) is 3.77. The van der Waals surface area contributed by atoms with E-state index in [0.29, 0.717) is 0 Å². The van der Waals surface area contributed by atoms with Crippen LogP contribution < -0.4 is 0 Å².